The van der Waals surface area contributed by atoms with Crippen molar-refractivity contribution < 1.29 is 18.0 Å². The standard InChI is InChI=1S/C21H27N3O4S/c1-4-24(5-2)29(27,28)19-12-10-17(11-13-19)21(26)23-15-20(25)22-14-18-9-7-6-8-16(18)3/h6-13H,4-5,14-15H2,1-3H3,(H,22,25)(H,23,26). The van der Waals surface area contributed by atoms with Crippen molar-refractivity contribution in [1.29, 1.82) is 0 Å². The topological polar surface area (TPSA) is 95.6 Å². The highest BCUT2D eigenvalue weighted by Crippen LogP contribution is 2.16. The van der Waals surface area contributed by atoms with Gasteiger partial charge in [-0.3, -0.25) is 9.59 Å². The molecule has 8 heteroatoms. The van der Waals surface area contributed by atoms with Crippen molar-refractivity contribution in [2.24, 2.45) is 0 Å². The Kier molecular flexibility index (Phi) is 7.92. The highest BCUT2D eigenvalue weighted by atomic mass is 32.2. The molecule has 0 aliphatic heterocycles. The molecule has 0 saturated carbocycles. The zero-order valence-electron chi connectivity index (χ0n) is 16.9. The van der Waals surface area contributed by atoms with E-state index < -0.39 is 15.9 Å². The number of rotatable bonds is 9. The van der Waals surface area contributed by atoms with Crippen molar-refractivity contribution in [3.05, 3.63) is 65.2 Å². The Morgan fingerprint density at radius 1 is 0.931 bits per heavy atom. The lowest BCUT2D eigenvalue weighted by molar-refractivity contribution is -0.120. The Bertz CT molecular complexity index is 952. The maximum absolute atomic E-state index is 12.5. The lowest BCUT2D eigenvalue weighted by atomic mass is 10.1. The average molecular weight is 418 g/mol. The highest BCUT2D eigenvalue weighted by molar-refractivity contribution is 7.89. The Labute approximate surface area is 172 Å². The monoisotopic (exact) mass is 417 g/mol. The number of nitrogens with one attached hydrogen (secondary N) is 2. The van der Waals surface area contributed by atoms with E-state index in [1.807, 2.05) is 31.2 Å². The van der Waals surface area contributed by atoms with Crippen molar-refractivity contribution in [2.75, 3.05) is 19.6 Å². The first-order valence-electron chi connectivity index (χ1n) is 9.49. The molecule has 7 nitrogen and oxygen atoms in total. The van der Waals surface area contributed by atoms with E-state index in [0.29, 0.717) is 19.6 Å². The van der Waals surface area contributed by atoms with Gasteiger partial charge in [0, 0.05) is 25.2 Å². The molecule has 0 aromatic heterocycles. The van der Waals surface area contributed by atoms with Crippen LogP contribution in [0.5, 0.6) is 0 Å². The van der Waals surface area contributed by atoms with Gasteiger partial charge >= 0.3 is 0 Å². The molecule has 0 aliphatic carbocycles. The first kappa shape index (κ1) is 22.6. The fourth-order valence-corrected chi connectivity index (χ4v) is 4.28. The van der Waals surface area contributed by atoms with E-state index in [1.165, 1.54) is 28.6 Å². The highest BCUT2D eigenvalue weighted by Gasteiger charge is 2.21. The van der Waals surface area contributed by atoms with E-state index in [1.54, 1.807) is 13.8 Å². The summed E-state index contributed by atoms with van der Waals surface area (Å²) in [5.74, 6) is -0.745. The van der Waals surface area contributed by atoms with E-state index in [-0.39, 0.29) is 22.9 Å². The van der Waals surface area contributed by atoms with Crippen molar-refractivity contribution in [3.8, 4) is 0 Å². The summed E-state index contributed by atoms with van der Waals surface area (Å²) in [6.07, 6.45) is 0. The summed E-state index contributed by atoms with van der Waals surface area (Å²) in [4.78, 5) is 24.3. The van der Waals surface area contributed by atoms with E-state index in [0.717, 1.165) is 11.1 Å². The predicted molar refractivity (Wildman–Crippen MR) is 112 cm³/mol. The number of sulfonamides is 1. The minimum Gasteiger partial charge on any atom is -0.350 e. The molecule has 0 saturated heterocycles. The van der Waals surface area contributed by atoms with Crippen molar-refractivity contribution in [3.63, 3.8) is 0 Å². The van der Waals surface area contributed by atoms with Gasteiger partial charge in [0.05, 0.1) is 11.4 Å². The molecule has 2 N–H and O–H groups in total. The summed E-state index contributed by atoms with van der Waals surface area (Å²) in [6.45, 7) is 6.48. The second-order valence-corrected chi connectivity index (χ2v) is 8.44. The van der Waals surface area contributed by atoms with Gasteiger partial charge in [-0.05, 0) is 42.3 Å². The Hall–Kier alpha value is -2.71. The molecular weight excluding hydrogens is 390 g/mol. The molecule has 0 spiro atoms. The first-order valence-corrected chi connectivity index (χ1v) is 10.9. The summed E-state index contributed by atoms with van der Waals surface area (Å²) in [5, 5.41) is 5.30. The third-order valence-corrected chi connectivity index (χ3v) is 6.67. The molecule has 0 bridgehead atoms. The fourth-order valence-electron chi connectivity index (χ4n) is 2.82. The Morgan fingerprint density at radius 2 is 1.55 bits per heavy atom. The van der Waals surface area contributed by atoms with Crippen LogP contribution >= 0.6 is 0 Å². The van der Waals surface area contributed by atoms with Crippen LogP contribution in [0.4, 0.5) is 0 Å². The van der Waals surface area contributed by atoms with Gasteiger partial charge in [-0.2, -0.15) is 4.31 Å². The van der Waals surface area contributed by atoms with Gasteiger partial charge in [-0.15, -0.1) is 0 Å². The number of amides is 2. The second-order valence-electron chi connectivity index (χ2n) is 6.50. The van der Waals surface area contributed by atoms with Crippen LogP contribution in [0.2, 0.25) is 0 Å². The van der Waals surface area contributed by atoms with Crippen molar-refractivity contribution in [2.45, 2.75) is 32.2 Å². The fraction of sp³-hybridized carbons (Fsp3) is 0.333. The van der Waals surface area contributed by atoms with E-state index in [4.69, 9.17) is 0 Å². The number of carbonyl (C=O) groups is 2. The maximum atomic E-state index is 12.5. The van der Waals surface area contributed by atoms with Crippen LogP contribution in [0.15, 0.2) is 53.4 Å². The molecule has 2 aromatic rings. The average Bonchev–Trinajstić information content (AvgIpc) is 2.72. The second kappa shape index (κ2) is 10.2. The molecule has 156 valence electrons. The van der Waals surface area contributed by atoms with Crippen LogP contribution < -0.4 is 10.6 Å². The van der Waals surface area contributed by atoms with Gasteiger partial charge < -0.3 is 10.6 Å². The van der Waals surface area contributed by atoms with Crippen LogP contribution in [-0.2, 0) is 21.4 Å². The minimum absolute atomic E-state index is 0.133. The van der Waals surface area contributed by atoms with Crippen LogP contribution in [0, 0.1) is 6.92 Å². The summed E-state index contributed by atoms with van der Waals surface area (Å²) < 4.78 is 26.3. The van der Waals surface area contributed by atoms with Gasteiger partial charge in [0.25, 0.3) is 5.91 Å². The number of nitrogens with zero attached hydrogens (tertiary/aromatic N) is 1. The normalized spacial score (nSPS) is 11.3. The molecule has 0 unspecified atom stereocenters. The van der Waals surface area contributed by atoms with Crippen LogP contribution in [0.1, 0.15) is 35.3 Å². The first-order chi connectivity index (χ1) is 13.8. The van der Waals surface area contributed by atoms with E-state index >= 15 is 0 Å². The largest absolute Gasteiger partial charge is 0.350 e. The smallest absolute Gasteiger partial charge is 0.251 e. The Morgan fingerprint density at radius 3 is 2.14 bits per heavy atom. The summed E-state index contributed by atoms with van der Waals surface area (Å²) in [7, 11) is -3.57. The van der Waals surface area contributed by atoms with Gasteiger partial charge in [0.2, 0.25) is 15.9 Å². The van der Waals surface area contributed by atoms with Gasteiger partial charge in [-0.25, -0.2) is 8.42 Å². The van der Waals surface area contributed by atoms with E-state index in [9.17, 15) is 18.0 Å². The Balaban J connectivity index is 1.91. The lowest BCUT2D eigenvalue weighted by Crippen LogP contribution is -2.36. The van der Waals surface area contributed by atoms with Crippen LogP contribution in [0.25, 0.3) is 0 Å². The molecule has 2 aromatic carbocycles. The number of aryl methyl sites for hydroxylation is 1. The van der Waals surface area contributed by atoms with Gasteiger partial charge in [0.1, 0.15) is 0 Å². The number of hydrogen-bond acceptors (Lipinski definition) is 4. The molecule has 0 heterocycles. The third-order valence-electron chi connectivity index (χ3n) is 4.61. The quantitative estimate of drug-likeness (QED) is 0.653. The summed E-state index contributed by atoms with van der Waals surface area (Å²) >= 11 is 0. The molecule has 0 atom stereocenters. The maximum Gasteiger partial charge on any atom is 0.251 e. The van der Waals surface area contributed by atoms with Crippen molar-refractivity contribution >= 4 is 21.8 Å². The molecule has 0 radical (unpaired) electrons. The molecule has 2 rings (SSSR count). The number of benzene rings is 2. The van der Waals surface area contributed by atoms with Gasteiger partial charge in [-0.1, -0.05) is 38.1 Å². The van der Waals surface area contributed by atoms with Crippen LogP contribution in [-0.4, -0.2) is 44.2 Å². The zero-order chi connectivity index (χ0) is 21.4. The molecule has 0 fully saturated rings. The number of hydrogen-bond donors (Lipinski definition) is 2. The molecular formula is C21H27N3O4S. The lowest BCUT2D eigenvalue weighted by Gasteiger charge is -2.18. The van der Waals surface area contributed by atoms with Gasteiger partial charge in [0.15, 0.2) is 0 Å². The molecule has 0 aliphatic rings. The molecule has 2 amide bonds. The predicted octanol–water partition coefficient (Wildman–Crippen LogP) is 2.07. The van der Waals surface area contributed by atoms with Crippen LogP contribution in [0.3, 0.4) is 0 Å². The summed E-state index contributed by atoms with van der Waals surface area (Å²) in [5.41, 5.74) is 2.38. The number of carbonyl (C=O) groups excluding carboxylic acids is 2. The third kappa shape index (κ3) is 5.88. The van der Waals surface area contributed by atoms with E-state index in [2.05, 4.69) is 10.6 Å². The SMILES string of the molecule is CCN(CC)S(=O)(=O)c1ccc(C(=O)NCC(=O)NCc2ccccc2C)cc1. The molecule has 29 heavy (non-hydrogen) atoms. The zero-order valence-corrected chi connectivity index (χ0v) is 17.8. The van der Waals surface area contributed by atoms with Crippen molar-refractivity contribution in [1.82, 2.24) is 14.9 Å². The minimum atomic E-state index is -3.57. The summed E-state index contributed by atoms with van der Waals surface area (Å²) in [6, 6.07) is 13.4.